The zero-order valence-electron chi connectivity index (χ0n) is 6.87. The van der Waals surface area contributed by atoms with Crippen LogP contribution in [-0.4, -0.2) is 16.7 Å². The molecule has 0 aliphatic rings. The van der Waals surface area contributed by atoms with E-state index in [4.69, 9.17) is 34.0 Å². The molecule has 0 aromatic carbocycles. The molecule has 0 unspecified atom stereocenters. The normalized spacial score (nSPS) is 12.9. The van der Waals surface area contributed by atoms with Crippen molar-refractivity contribution in [3.63, 3.8) is 0 Å². The van der Waals surface area contributed by atoms with Crippen molar-refractivity contribution in [2.75, 3.05) is 6.61 Å². The standard InChI is InChI=1S/C8H10Cl2N2O/c9-5-3-12-4-6(10)8(5)7(11)1-2-13/h3-4,7,13H,1-2,11H2/t7-/m1/s1. The first-order chi connectivity index (χ1) is 6.16. The molecule has 0 saturated carbocycles. The van der Waals surface area contributed by atoms with E-state index in [1.165, 1.54) is 12.4 Å². The summed E-state index contributed by atoms with van der Waals surface area (Å²) in [6, 6.07) is -0.340. The number of hydrogen-bond donors (Lipinski definition) is 2. The van der Waals surface area contributed by atoms with Crippen LogP contribution in [-0.2, 0) is 0 Å². The maximum atomic E-state index is 8.70. The fourth-order valence-corrected chi connectivity index (χ4v) is 1.70. The summed E-state index contributed by atoms with van der Waals surface area (Å²) in [6.45, 7) is 0.0101. The molecule has 0 bridgehead atoms. The van der Waals surface area contributed by atoms with E-state index in [0.29, 0.717) is 22.0 Å². The fraction of sp³-hybridized carbons (Fsp3) is 0.375. The van der Waals surface area contributed by atoms with Crippen LogP contribution >= 0.6 is 23.2 Å². The summed E-state index contributed by atoms with van der Waals surface area (Å²) in [4.78, 5) is 3.81. The second-order valence-corrected chi connectivity index (χ2v) is 3.45. The number of nitrogens with two attached hydrogens (primary N) is 1. The van der Waals surface area contributed by atoms with Crippen molar-refractivity contribution in [3.8, 4) is 0 Å². The van der Waals surface area contributed by atoms with Gasteiger partial charge in [-0.25, -0.2) is 0 Å². The van der Waals surface area contributed by atoms with Gasteiger partial charge in [-0.2, -0.15) is 0 Å². The number of hydrogen-bond acceptors (Lipinski definition) is 3. The first-order valence-electron chi connectivity index (χ1n) is 3.82. The molecule has 0 aliphatic heterocycles. The SMILES string of the molecule is N[C@H](CCO)c1c(Cl)cncc1Cl. The van der Waals surface area contributed by atoms with Gasteiger partial charge in [0.05, 0.1) is 10.0 Å². The lowest BCUT2D eigenvalue weighted by atomic mass is 10.1. The fourth-order valence-electron chi connectivity index (χ4n) is 1.06. The molecule has 72 valence electrons. The van der Waals surface area contributed by atoms with Crippen LogP contribution < -0.4 is 5.73 Å². The molecule has 3 N–H and O–H groups in total. The van der Waals surface area contributed by atoms with Crippen LogP contribution in [0.4, 0.5) is 0 Å². The molecule has 13 heavy (non-hydrogen) atoms. The van der Waals surface area contributed by atoms with E-state index >= 15 is 0 Å². The van der Waals surface area contributed by atoms with E-state index in [9.17, 15) is 0 Å². The predicted molar refractivity (Wildman–Crippen MR) is 52.9 cm³/mol. The number of nitrogens with zero attached hydrogens (tertiary/aromatic N) is 1. The first kappa shape index (κ1) is 10.7. The monoisotopic (exact) mass is 220 g/mol. The van der Waals surface area contributed by atoms with Gasteiger partial charge in [-0.3, -0.25) is 4.98 Å². The molecule has 0 radical (unpaired) electrons. The maximum Gasteiger partial charge on any atom is 0.0651 e. The molecule has 0 aliphatic carbocycles. The molecule has 3 nitrogen and oxygen atoms in total. The van der Waals surface area contributed by atoms with Crippen molar-refractivity contribution in [1.29, 1.82) is 0 Å². The Kier molecular flexibility index (Phi) is 3.93. The van der Waals surface area contributed by atoms with Gasteiger partial charge in [0.2, 0.25) is 0 Å². The van der Waals surface area contributed by atoms with Gasteiger partial charge in [-0.1, -0.05) is 23.2 Å². The van der Waals surface area contributed by atoms with Gasteiger partial charge in [0.1, 0.15) is 0 Å². The average Bonchev–Trinajstić information content (AvgIpc) is 2.04. The van der Waals surface area contributed by atoms with Gasteiger partial charge < -0.3 is 10.8 Å². The van der Waals surface area contributed by atoms with Crippen LogP contribution in [0.5, 0.6) is 0 Å². The highest BCUT2D eigenvalue weighted by Crippen LogP contribution is 2.29. The number of rotatable bonds is 3. The Balaban J connectivity index is 2.98. The van der Waals surface area contributed by atoms with Crippen molar-refractivity contribution in [2.24, 2.45) is 5.73 Å². The van der Waals surface area contributed by atoms with Gasteiger partial charge in [-0.05, 0) is 6.42 Å². The lowest BCUT2D eigenvalue weighted by molar-refractivity contribution is 0.276. The Morgan fingerprint density at radius 3 is 2.38 bits per heavy atom. The highest BCUT2D eigenvalue weighted by Gasteiger charge is 2.13. The highest BCUT2D eigenvalue weighted by molar-refractivity contribution is 6.35. The van der Waals surface area contributed by atoms with E-state index in [1.807, 2.05) is 0 Å². The van der Waals surface area contributed by atoms with Gasteiger partial charge >= 0.3 is 0 Å². The van der Waals surface area contributed by atoms with Crippen molar-refractivity contribution >= 4 is 23.2 Å². The predicted octanol–water partition coefficient (Wildman–Crippen LogP) is 1.77. The average molecular weight is 221 g/mol. The van der Waals surface area contributed by atoms with E-state index in [-0.39, 0.29) is 12.6 Å². The molecule has 0 amide bonds. The summed E-state index contributed by atoms with van der Waals surface area (Å²) in [5.41, 5.74) is 6.40. The molecule has 5 heteroatoms. The lowest BCUT2D eigenvalue weighted by Gasteiger charge is -2.13. The summed E-state index contributed by atoms with van der Waals surface area (Å²) >= 11 is 11.7. The minimum absolute atomic E-state index is 0.0101. The summed E-state index contributed by atoms with van der Waals surface area (Å²) in [5, 5.41) is 9.57. The zero-order chi connectivity index (χ0) is 9.84. The molecule has 1 heterocycles. The maximum absolute atomic E-state index is 8.70. The summed E-state index contributed by atoms with van der Waals surface area (Å²) < 4.78 is 0. The number of pyridine rings is 1. The van der Waals surface area contributed by atoms with Gasteiger partial charge in [0.15, 0.2) is 0 Å². The highest BCUT2D eigenvalue weighted by atomic mass is 35.5. The summed E-state index contributed by atoms with van der Waals surface area (Å²) in [5.74, 6) is 0. The minimum atomic E-state index is -0.340. The van der Waals surface area contributed by atoms with Crippen molar-refractivity contribution in [3.05, 3.63) is 28.0 Å². The van der Waals surface area contributed by atoms with Crippen molar-refractivity contribution < 1.29 is 5.11 Å². The van der Waals surface area contributed by atoms with E-state index in [1.54, 1.807) is 0 Å². The van der Waals surface area contributed by atoms with Gasteiger partial charge in [-0.15, -0.1) is 0 Å². The smallest absolute Gasteiger partial charge is 0.0651 e. The molecule has 1 rings (SSSR count). The molecule has 0 saturated heterocycles. The molecule has 0 spiro atoms. The Labute approximate surface area is 86.5 Å². The van der Waals surface area contributed by atoms with E-state index in [2.05, 4.69) is 4.98 Å². The third kappa shape index (κ3) is 2.54. The number of aromatic nitrogens is 1. The van der Waals surface area contributed by atoms with Crippen molar-refractivity contribution in [2.45, 2.75) is 12.5 Å². The molecule has 1 aromatic heterocycles. The van der Waals surface area contributed by atoms with Gasteiger partial charge in [0.25, 0.3) is 0 Å². The Morgan fingerprint density at radius 2 is 1.92 bits per heavy atom. The Morgan fingerprint density at radius 1 is 1.38 bits per heavy atom. The molecule has 1 atom stereocenters. The van der Waals surface area contributed by atoms with Crippen LogP contribution in [0.15, 0.2) is 12.4 Å². The second kappa shape index (κ2) is 4.77. The zero-order valence-corrected chi connectivity index (χ0v) is 8.39. The van der Waals surface area contributed by atoms with Crippen LogP contribution in [0.1, 0.15) is 18.0 Å². The molecule has 0 fully saturated rings. The topological polar surface area (TPSA) is 59.1 Å². The minimum Gasteiger partial charge on any atom is -0.396 e. The summed E-state index contributed by atoms with van der Waals surface area (Å²) in [7, 11) is 0. The lowest BCUT2D eigenvalue weighted by Crippen LogP contribution is -2.13. The number of halogens is 2. The van der Waals surface area contributed by atoms with Gasteiger partial charge in [0, 0.05) is 30.6 Å². The van der Waals surface area contributed by atoms with Crippen LogP contribution in [0.3, 0.4) is 0 Å². The third-order valence-corrected chi connectivity index (χ3v) is 2.30. The quantitative estimate of drug-likeness (QED) is 0.817. The van der Waals surface area contributed by atoms with Crippen molar-refractivity contribution in [1.82, 2.24) is 4.98 Å². The third-order valence-electron chi connectivity index (χ3n) is 1.70. The molecular formula is C8H10Cl2N2O. The number of aliphatic hydroxyl groups excluding tert-OH is 1. The Hall–Kier alpha value is -0.350. The first-order valence-corrected chi connectivity index (χ1v) is 4.57. The molecular weight excluding hydrogens is 211 g/mol. The largest absolute Gasteiger partial charge is 0.396 e. The second-order valence-electron chi connectivity index (χ2n) is 2.64. The Bertz CT molecular complexity index is 273. The molecule has 1 aromatic rings. The van der Waals surface area contributed by atoms with Crippen LogP contribution in [0.25, 0.3) is 0 Å². The van der Waals surface area contributed by atoms with Crippen LogP contribution in [0.2, 0.25) is 10.0 Å². The number of aliphatic hydroxyl groups is 1. The van der Waals surface area contributed by atoms with Crippen LogP contribution in [0, 0.1) is 0 Å². The summed E-state index contributed by atoms with van der Waals surface area (Å²) in [6.07, 6.45) is 3.41. The van der Waals surface area contributed by atoms with E-state index in [0.717, 1.165) is 0 Å². The van der Waals surface area contributed by atoms with E-state index < -0.39 is 0 Å².